The van der Waals surface area contributed by atoms with Gasteiger partial charge in [-0.15, -0.1) is 0 Å². The van der Waals surface area contributed by atoms with Crippen LogP contribution >= 0.6 is 0 Å². The Morgan fingerprint density at radius 1 is 1.00 bits per heavy atom. The molecule has 2 saturated heterocycles. The Hall–Kier alpha value is -3.69. The van der Waals surface area contributed by atoms with E-state index < -0.39 is 29.6 Å². The number of para-hydroxylation sites is 1. The minimum absolute atomic E-state index is 0.107. The van der Waals surface area contributed by atoms with Crippen LogP contribution in [-0.2, 0) is 19.1 Å². The molecule has 3 aliphatic heterocycles. The molecule has 3 fully saturated rings. The number of amides is 3. The Kier molecular flexibility index (Phi) is 8.05. The summed E-state index contributed by atoms with van der Waals surface area (Å²) < 4.78 is 12.3. The van der Waals surface area contributed by atoms with Crippen LogP contribution in [0.3, 0.4) is 0 Å². The lowest BCUT2D eigenvalue weighted by atomic mass is 9.74. The van der Waals surface area contributed by atoms with E-state index in [4.69, 9.17) is 9.47 Å². The highest BCUT2D eigenvalue weighted by Crippen LogP contribution is 2.55. The SMILES string of the molecule is CN(C)CCCN1C(=O)C2C(C(=O)Nc3ccc(Oc4ccccc4)cc3)C3C=CC2(O3)C1C(=O)NC1CCCCC1. The van der Waals surface area contributed by atoms with Crippen molar-refractivity contribution < 1.29 is 23.9 Å². The molecule has 6 rings (SSSR count). The van der Waals surface area contributed by atoms with Gasteiger partial charge in [-0.1, -0.05) is 49.6 Å². The van der Waals surface area contributed by atoms with Crippen LogP contribution in [0.1, 0.15) is 38.5 Å². The van der Waals surface area contributed by atoms with Gasteiger partial charge in [-0.05, 0) is 76.3 Å². The van der Waals surface area contributed by atoms with Gasteiger partial charge in [0.2, 0.25) is 17.7 Å². The Balaban J connectivity index is 1.20. The lowest BCUT2D eigenvalue weighted by Crippen LogP contribution is -2.56. The predicted molar refractivity (Wildman–Crippen MR) is 159 cm³/mol. The van der Waals surface area contributed by atoms with Gasteiger partial charge in [0.25, 0.3) is 0 Å². The van der Waals surface area contributed by atoms with Crippen LogP contribution in [-0.4, -0.2) is 78.5 Å². The van der Waals surface area contributed by atoms with Crippen molar-refractivity contribution in [3.8, 4) is 11.5 Å². The summed E-state index contributed by atoms with van der Waals surface area (Å²) in [6.45, 7) is 1.21. The molecule has 3 amide bonds. The minimum Gasteiger partial charge on any atom is -0.457 e. The second-order valence-electron chi connectivity index (χ2n) is 12.2. The second kappa shape index (κ2) is 11.9. The van der Waals surface area contributed by atoms with Crippen LogP contribution < -0.4 is 15.4 Å². The molecular formula is C33H40N4O5. The zero-order valence-electron chi connectivity index (χ0n) is 24.3. The normalized spacial score (nSPS) is 28.3. The highest BCUT2D eigenvalue weighted by atomic mass is 16.5. The van der Waals surface area contributed by atoms with Crippen molar-refractivity contribution in [3.05, 3.63) is 66.7 Å². The summed E-state index contributed by atoms with van der Waals surface area (Å²) in [5, 5.41) is 6.22. The van der Waals surface area contributed by atoms with Crippen molar-refractivity contribution in [2.45, 2.75) is 62.3 Å². The number of hydrogen-bond donors (Lipinski definition) is 2. The number of anilines is 1. The van der Waals surface area contributed by atoms with Crippen molar-refractivity contribution in [1.82, 2.24) is 15.1 Å². The largest absolute Gasteiger partial charge is 0.457 e. The summed E-state index contributed by atoms with van der Waals surface area (Å²) in [7, 11) is 3.97. The third kappa shape index (κ3) is 5.43. The first-order valence-electron chi connectivity index (χ1n) is 15.1. The molecule has 2 N–H and O–H groups in total. The zero-order valence-corrected chi connectivity index (χ0v) is 24.3. The summed E-state index contributed by atoms with van der Waals surface area (Å²) in [6, 6.07) is 15.9. The molecule has 1 aliphatic carbocycles. The molecule has 9 nitrogen and oxygen atoms in total. The number of nitrogens with one attached hydrogen (secondary N) is 2. The molecular weight excluding hydrogens is 532 g/mol. The van der Waals surface area contributed by atoms with Gasteiger partial charge in [-0.2, -0.15) is 0 Å². The number of hydrogen-bond acceptors (Lipinski definition) is 6. The molecule has 5 unspecified atom stereocenters. The second-order valence-corrected chi connectivity index (χ2v) is 12.2. The number of carbonyl (C=O) groups is 3. The van der Waals surface area contributed by atoms with Gasteiger partial charge in [-0.25, -0.2) is 0 Å². The molecule has 0 radical (unpaired) electrons. The molecule has 1 saturated carbocycles. The maximum Gasteiger partial charge on any atom is 0.246 e. The molecule has 3 heterocycles. The first kappa shape index (κ1) is 28.4. The molecule has 1 spiro atoms. The van der Waals surface area contributed by atoms with Crippen LogP contribution in [0, 0.1) is 11.8 Å². The highest BCUT2D eigenvalue weighted by Gasteiger charge is 2.72. The minimum atomic E-state index is -1.14. The van der Waals surface area contributed by atoms with E-state index in [-0.39, 0.29) is 23.8 Å². The van der Waals surface area contributed by atoms with Crippen LogP contribution in [0.5, 0.6) is 11.5 Å². The maximum atomic E-state index is 14.1. The lowest BCUT2D eigenvalue weighted by Gasteiger charge is -2.34. The number of ether oxygens (including phenoxy) is 2. The molecule has 2 aromatic carbocycles. The number of rotatable bonds is 10. The van der Waals surface area contributed by atoms with E-state index in [9.17, 15) is 14.4 Å². The monoisotopic (exact) mass is 572 g/mol. The quantitative estimate of drug-likeness (QED) is 0.418. The molecule has 4 aliphatic rings. The van der Waals surface area contributed by atoms with Crippen molar-refractivity contribution in [2.75, 3.05) is 32.5 Å². The van der Waals surface area contributed by atoms with Gasteiger partial charge in [0.15, 0.2) is 0 Å². The average Bonchev–Trinajstić information content (AvgIpc) is 3.62. The van der Waals surface area contributed by atoms with E-state index >= 15 is 0 Å². The van der Waals surface area contributed by atoms with Crippen LogP contribution in [0.25, 0.3) is 0 Å². The van der Waals surface area contributed by atoms with Gasteiger partial charge in [-0.3, -0.25) is 14.4 Å². The number of fused-ring (bicyclic) bond motifs is 1. The van der Waals surface area contributed by atoms with E-state index in [1.54, 1.807) is 29.2 Å². The first-order chi connectivity index (χ1) is 20.4. The van der Waals surface area contributed by atoms with Crippen LogP contribution in [0.4, 0.5) is 5.69 Å². The Labute approximate surface area is 247 Å². The number of benzene rings is 2. The summed E-state index contributed by atoms with van der Waals surface area (Å²) in [6.07, 6.45) is 9.15. The Bertz CT molecular complexity index is 1320. The van der Waals surface area contributed by atoms with Crippen LogP contribution in [0.2, 0.25) is 0 Å². The number of likely N-dealkylation sites (tertiary alicyclic amines) is 1. The van der Waals surface area contributed by atoms with E-state index in [1.807, 2.05) is 56.6 Å². The van der Waals surface area contributed by atoms with Crippen molar-refractivity contribution in [1.29, 1.82) is 0 Å². The molecule has 9 heteroatoms. The third-order valence-corrected chi connectivity index (χ3v) is 8.98. The van der Waals surface area contributed by atoms with Gasteiger partial charge >= 0.3 is 0 Å². The Morgan fingerprint density at radius 3 is 2.43 bits per heavy atom. The summed E-state index contributed by atoms with van der Waals surface area (Å²) in [5.41, 5.74) is -0.547. The van der Waals surface area contributed by atoms with E-state index in [2.05, 4.69) is 15.5 Å². The van der Waals surface area contributed by atoms with E-state index in [0.29, 0.717) is 18.0 Å². The number of carbonyl (C=O) groups excluding carboxylic acids is 3. The Morgan fingerprint density at radius 2 is 1.71 bits per heavy atom. The van der Waals surface area contributed by atoms with Gasteiger partial charge in [0.05, 0.1) is 17.9 Å². The number of nitrogens with zero attached hydrogens (tertiary/aromatic N) is 2. The van der Waals surface area contributed by atoms with Crippen molar-refractivity contribution >= 4 is 23.4 Å². The fraction of sp³-hybridized carbons (Fsp3) is 0.485. The van der Waals surface area contributed by atoms with E-state index in [1.165, 1.54) is 6.42 Å². The smallest absolute Gasteiger partial charge is 0.246 e. The van der Waals surface area contributed by atoms with Crippen molar-refractivity contribution in [2.24, 2.45) is 11.8 Å². The topological polar surface area (TPSA) is 100 Å². The first-order valence-corrected chi connectivity index (χ1v) is 15.1. The summed E-state index contributed by atoms with van der Waals surface area (Å²) in [4.78, 5) is 45.4. The van der Waals surface area contributed by atoms with Gasteiger partial charge in [0, 0.05) is 18.3 Å². The van der Waals surface area contributed by atoms with E-state index in [0.717, 1.165) is 44.4 Å². The molecule has 2 bridgehead atoms. The fourth-order valence-corrected chi connectivity index (χ4v) is 7.05. The molecule has 0 aromatic heterocycles. The van der Waals surface area contributed by atoms with Crippen molar-refractivity contribution in [3.63, 3.8) is 0 Å². The van der Waals surface area contributed by atoms with Gasteiger partial charge in [0.1, 0.15) is 23.1 Å². The average molecular weight is 573 g/mol. The standard InChI is InChI=1S/C33H40N4O5/c1-36(2)20-9-21-37-29(31(39)35-22-10-5-3-6-11-22)33-19-18-26(42-33)27(28(33)32(37)40)30(38)34-23-14-16-25(17-15-23)41-24-12-7-4-8-13-24/h4,7-8,12-19,22,26-29H,3,5-6,9-11,20-21H2,1-2H3,(H,34,38)(H,35,39). The molecule has 42 heavy (non-hydrogen) atoms. The summed E-state index contributed by atoms with van der Waals surface area (Å²) in [5.74, 6) is -0.763. The predicted octanol–water partition coefficient (Wildman–Crippen LogP) is 3.97. The zero-order chi connectivity index (χ0) is 29.3. The molecule has 222 valence electrons. The highest BCUT2D eigenvalue weighted by molar-refractivity contribution is 6.02. The molecule has 2 aromatic rings. The maximum absolute atomic E-state index is 14.1. The van der Waals surface area contributed by atoms with Gasteiger partial charge < -0.3 is 29.9 Å². The fourth-order valence-electron chi connectivity index (χ4n) is 7.05. The molecule has 5 atom stereocenters. The lowest BCUT2D eigenvalue weighted by molar-refractivity contribution is -0.141. The summed E-state index contributed by atoms with van der Waals surface area (Å²) >= 11 is 0. The third-order valence-electron chi connectivity index (χ3n) is 8.98. The van der Waals surface area contributed by atoms with Crippen LogP contribution in [0.15, 0.2) is 66.7 Å².